The van der Waals surface area contributed by atoms with Gasteiger partial charge in [0.25, 0.3) is 0 Å². The molecule has 36 heavy (non-hydrogen) atoms. The van der Waals surface area contributed by atoms with Crippen molar-refractivity contribution in [3.05, 3.63) is 76.8 Å². The average Bonchev–Trinajstić information content (AvgIpc) is 3.54. The highest BCUT2D eigenvalue weighted by Crippen LogP contribution is 2.41. The van der Waals surface area contributed by atoms with Crippen LogP contribution in [0.3, 0.4) is 0 Å². The summed E-state index contributed by atoms with van der Waals surface area (Å²) >= 11 is 0. The molecular weight excluding hydrogens is 444 g/mol. The summed E-state index contributed by atoms with van der Waals surface area (Å²) in [5.41, 5.74) is 6.88. The van der Waals surface area contributed by atoms with E-state index in [1.54, 1.807) is 24.3 Å². The second kappa shape index (κ2) is 9.93. The summed E-state index contributed by atoms with van der Waals surface area (Å²) in [4.78, 5) is 20.4. The predicted molar refractivity (Wildman–Crippen MR) is 144 cm³/mol. The van der Waals surface area contributed by atoms with Gasteiger partial charge in [-0.25, -0.2) is 4.98 Å². The molecular formula is C31H36N4O. The molecule has 3 heterocycles. The Morgan fingerprint density at radius 3 is 2.75 bits per heavy atom. The summed E-state index contributed by atoms with van der Waals surface area (Å²) in [5.74, 6) is 1.66. The maximum atomic E-state index is 13.1. The number of rotatable bonds is 6. The molecule has 1 saturated heterocycles. The molecule has 1 aliphatic carbocycles. The molecule has 0 unspecified atom stereocenters. The molecule has 5 nitrogen and oxygen atoms in total. The van der Waals surface area contributed by atoms with Crippen molar-refractivity contribution in [2.45, 2.75) is 58.3 Å². The zero-order chi connectivity index (χ0) is 25.4. The van der Waals surface area contributed by atoms with Gasteiger partial charge in [-0.2, -0.15) is 5.26 Å². The smallest absolute Gasteiger partial charge is 0.167 e. The fraction of sp³-hybridized carbons (Fsp3) is 0.452. The molecule has 2 aliphatic rings. The zero-order valence-electron chi connectivity index (χ0n) is 21.8. The molecule has 0 spiro atoms. The van der Waals surface area contributed by atoms with Crippen molar-refractivity contribution in [2.75, 3.05) is 13.1 Å². The van der Waals surface area contributed by atoms with Crippen LogP contribution in [0, 0.1) is 30.1 Å². The zero-order valence-corrected chi connectivity index (χ0v) is 21.8. The van der Waals surface area contributed by atoms with Crippen LogP contribution in [0.1, 0.15) is 77.6 Å². The number of aryl methyl sites for hydroxylation is 2. The molecule has 5 rings (SSSR count). The second-order valence-corrected chi connectivity index (χ2v) is 10.9. The van der Waals surface area contributed by atoms with Gasteiger partial charge >= 0.3 is 0 Å². The van der Waals surface area contributed by atoms with E-state index < -0.39 is 0 Å². The normalized spacial score (nSPS) is 20.6. The van der Waals surface area contributed by atoms with Crippen molar-refractivity contribution < 1.29 is 4.79 Å². The number of likely N-dealkylation sites (tertiary alicyclic amines) is 1. The van der Waals surface area contributed by atoms with E-state index in [1.807, 2.05) is 6.20 Å². The summed E-state index contributed by atoms with van der Waals surface area (Å²) in [7, 11) is 2.07. The number of nitriles is 1. The van der Waals surface area contributed by atoms with E-state index in [2.05, 4.69) is 49.2 Å². The molecule has 1 saturated carbocycles. The fourth-order valence-corrected chi connectivity index (χ4v) is 6.46. The largest absolute Gasteiger partial charge is 0.375 e. The number of nitrogens with zero attached hydrogens (tertiary/aromatic N) is 4. The van der Waals surface area contributed by atoms with Gasteiger partial charge in [0.1, 0.15) is 5.65 Å². The molecule has 2 aromatic heterocycles. The van der Waals surface area contributed by atoms with Crippen LogP contribution < -0.4 is 0 Å². The van der Waals surface area contributed by atoms with Gasteiger partial charge in [0.05, 0.1) is 11.6 Å². The molecule has 3 aromatic rings. The molecule has 0 radical (unpaired) electrons. The SMILES string of the molecule is C=C(C1CCCC1)N1CC[C@@H](c2cn(C)c3ncc(CC(=O)c4cccc(C#N)c4)c(C)c23)[C@@H](C)C1. The fourth-order valence-electron chi connectivity index (χ4n) is 6.46. The number of hydrogen-bond donors (Lipinski definition) is 0. The van der Waals surface area contributed by atoms with Gasteiger partial charge in [0, 0.05) is 55.6 Å². The van der Waals surface area contributed by atoms with E-state index in [4.69, 9.17) is 4.98 Å². The Hall–Kier alpha value is -3.39. The van der Waals surface area contributed by atoms with Crippen molar-refractivity contribution in [3.8, 4) is 6.07 Å². The minimum Gasteiger partial charge on any atom is -0.375 e. The molecule has 5 heteroatoms. The van der Waals surface area contributed by atoms with Crippen LogP contribution in [0.25, 0.3) is 11.0 Å². The molecule has 0 N–H and O–H groups in total. The predicted octanol–water partition coefficient (Wildman–Crippen LogP) is 6.31. The van der Waals surface area contributed by atoms with Gasteiger partial charge in [0.15, 0.2) is 5.78 Å². The van der Waals surface area contributed by atoms with Gasteiger partial charge in [-0.05, 0) is 72.8 Å². The lowest BCUT2D eigenvalue weighted by Gasteiger charge is -2.40. The highest BCUT2D eigenvalue weighted by molar-refractivity contribution is 5.98. The maximum absolute atomic E-state index is 13.1. The third kappa shape index (κ3) is 4.46. The Balaban J connectivity index is 1.40. The Morgan fingerprint density at radius 1 is 1.25 bits per heavy atom. The van der Waals surface area contributed by atoms with Crippen LogP contribution in [0.15, 0.2) is 48.9 Å². The number of fused-ring (bicyclic) bond motifs is 1. The van der Waals surface area contributed by atoms with E-state index in [-0.39, 0.29) is 12.2 Å². The summed E-state index contributed by atoms with van der Waals surface area (Å²) in [6.07, 6.45) is 10.8. The first-order valence-electron chi connectivity index (χ1n) is 13.3. The van der Waals surface area contributed by atoms with E-state index >= 15 is 0 Å². The number of aromatic nitrogens is 2. The molecule has 1 aliphatic heterocycles. The Morgan fingerprint density at radius 2 is 2.03 bits per heavy atom. The number of piperidine rings is 1. The first-order chi connectivity index (χ1) is 17.4. The van der Waals surface area contributed by atoms with Crippen LogP contribution in [0.5, 0.6) is 0 Å². The van der Waals surface area contributed by atoms with Gasteiger partial charge < -0.3 is 9.47 Å². The molecule has 1 aromatic carbocycles. The quantitative estimate of drug-likeness (QED) is 0.388. The van der Waals surface area contributed by atoms with Crippen molar-refractivity contribution in [2.24, 2.45) is 18.9 Å². The Kier molecular flexibility index (Phi) is 6.71. The number of carbonyl (C=O) groups is 1. The minimum atomic E-state index is 0.0148. The van der Waals surface area contributed by atoms with Gasteiger partial charge in [-0.15, -0.1) is 0 Å². The standard InChI is InChI=1S/C31H36N4O/c1-20-18-35(22(3)24-9-5-6-10-24)13-12-27(20)28-19-34(4)31-30(28)21(2)26(17-33-31)15-29(36)25-11-7-8-23(14-25)16-32/h7-8,11,14,17,19-20,24,27H,3,5-6,9-10,12-13,15,18H2,1-2,4H3/t20-,27+/m0/s1. The second-order valence-electron chi connectivity index (χ2n) is 10.9. The van der Waals surface area contributed by atoms with E-state index in [0.717, 1.165) is 36.3 Å². The van der Waals surface area contributed by atoms with Crippen LogP contribution in [0.4, 0.5) is 0 Å². The molecule has 0 bridgehead atoms. The molecule has 2 atom stereocenters. The summed E-state index contributed by atoms with van der Waals surface area (Å²) < 4.78 is 2.14. The van der Waals surface area contributed by atoms with Gasteiger partial charge in [0.2, 0.25) is 0 Å². The molecule has 186 valence electrons. The van der Waals surface area contributed by atoms with E-state index in [9.17, 15) is 10.1 Å². The first-order valence-corrected chi connectivity index (χ1v) is 13.3. The third-order valence-electron chi connectivity index (χ3n) is 8.58. The minimum absolute atomic E-state index is 0.0148. The summed E-state index contributed by atoms with van der Waals surface area (Å²) in [5, 5.41) is 10.4. The van der Waals surface area contributed by atoms with Crippen molar-refractivity contribution in [1.29, 1.82) is 5.26 Å². The lowest BCUT2D eigenvalue weighted by atomic mass is 9.80. The molecule has 2 fully saturated rings. The van der Waals surface area contributed by atoms with Crippen LogP contribution in [-0.4, -0.2) is 33.3 Å². The number of allylic oxidation sites excluding steroid dienone is 1. The average molecular weight is 481 g/mol. The van der Waals surface area contributed by atoms with E-state index in [0.29, 0.717) is 28.9 Å². The van der Waals surface area contributed by atoms with Crippen molar-refractivity contribution >= 4 is 16.8 Å². The van der Waals surface area contributed by atoms with E-state index in [1.165, 1.54) is 42.3 Å². The lowest BCUT2D eigenvalue weighted by Crippen LogP contribution is -2.39. The maximum Gasteiger partial charge on any atom is 0.167 e. The van der Waals surface area contributed by atoms with Crippen molar-refractivity contribution in [3.63, 3.8) is 0 Å². The highest BCUT2D eigenvalue weighted by Gasteiger charge is 2.33. The number of ketones is 1. The number of Topliss-reactive ketones (excluding diaryl/α,β-unsaturated/α-hetero) is 1. The number of pyridine rings is 1. The van der Waals surface area contributed by atoms with Gasteiger partial charge in [-0.3, -0.25) is 4.79 Å². The monoisotopic (exact) mass is 480 g/mol. The lowest BCUT2D eigenvalue weighted by molar-refractivity contribution is 0.0992. The molecule has 0 amide bonds. The van der Waals surface area contributed by atoms with Crippen LogP contribution in [0.2, 0.25) is 0 Å². The Bertz CT molecular complexity index is 1350. The summed E-state index contributed by atoms with van der Waals surface area (Å²) in [6.45, 7) is 11.1. The summed E-state index contributed by atoms with van der Waals surface area (Å²) in [6, 6.07) is 9.07. The van der Waals surface area contributed by atoms with Crippen LogP contribution in [-0.2, 0) is 13.5 Å². The first kappa shape index (κ1) is 24.3. The van der Waals surface area contributed by atoms with Crippen LogP contribution >= 0.6 is 0 Å². The third-order valence-corrected chi connectivity index (χ3v) is 8.58. The van der Waals surface area contributed by atoms with Gasteiger partial charge in [-0.1, -0.05) is 38.5 Å². The Labute approximate surface area is 214 Å². The number of benzene rings is 1. The topological polar surface area (TPSA) is 61.9 Å². The highest BCUT2D eigenvalue weighted by atomic mass is 16.1. The number of carbonyl (C=O) groups excluding carboxylic acids is 1. The van der Waals surface area contributed by atoms with Crippen molar-refractivity contribution in [1.82, 2.24) is 14.5 Å². The number of hydrogen-bond acceptors (Lipinski definition) is 4.